The number of rotatable bonds is 8. The summed E-state index contributed by atoms with van der Waals surface area (Å²) >= 11 is 1.36. The van der Waals surface area contributed by atoms with Crippen molar-refractivity contribution in [2.45, 2.75) is 6.42 Å². The minimum atomic E-state index is -0.160. The zero-order valence-electron chi connectivity index (χ0n) is 11.9. The number of carbonyl (C=O) groups is 1. The molecule has 1 amide bonds. The molecule has 6 nitrogen and oxygen atoms in total. The Morgan fingerprint density at radius 3 is 3.05 bits per heavy atom. The van der Waals surface area contributed by atoms with E-state index in [1.54, 1.807) is 13.3 Å². The van der Waals surface area contributed by atoms with Crippen molar-refractivity contribution in [1.29, 1.82) is 0 Å². The van der Waals surface area contributed by atoms with Crippen LogP contribution in [-0.4, -0.2) is 44.4 Å². The van der Waals surface area contributed by atoms with Gasteiger partial charge in [-0.2, -0.15) is 0 Å². The van der Waals surface area contributed by atoms with Crippen LogP contribution in [0.1, 0.15) is 16.1 Å². The van der Waals surface area contributed by atoms with Crippen LogP contribution in [0.5, 0.6) is 0 Å². The number of nitrogens with one attached hydrogen (secondary N) is 1. The Kier molecular flexibility index (Phi) is 5.91. The van der Waals surface area contributed by atoms with E-state index >= 15 is 0 Å². The SMILES string of the molecule is COCCOCCCNC(=O)c1sc2cccnc2c1N. The number of anilines is 1. The van der Waals surface area contributed by atoms with Crippen LogP contribution in [0.3, 0.4) is 0 Å². The first-order valence-corrected chi connectivity index (χ1v) is 7.53. The maximum Gasteiger partial charge on any atom is 0.263 e. The van der Waals surface area contributed by atoms with E-state index in [2.05, 4.69) is 10.3 Å². The number of hydrogen-bond acceptors (Lipinski definition) is 6. The van der Waals surface area contributed by atoms with E-state index in [1.165, 1.54) is 11.3 Å². The van der Waals surface area contributed by atoms with Gasteiger partial charge in [0.25, 0.3) is 5.91 Å². The summed E-state index contributed by atoms with van der Waals surface area (Å²) in [5.41, 5.74) is 7.11. The number of amides is 1. The summed E-state index contributed by atoms with van der Waals surface area (Å²) < 4.78 is 11.1. The standard InChI is InChI=1S/C14H19N3O3S/c1-19-8-9-20-7-3-6-17-14(18)13-11(15)12-10(21-13)4-2-5-16-12/h2,4-5H,3,6-9,15H2,1H3,(H,17,18). The van der Waals surface area contributed by atoms with E-state index in [4.69, 9.17) is 15.2 Å². The van der Waals surface area contributed by atoms with Crippen LogP contribution in [0, 0.1) is 0 Å². The molecule has 0 atom stereocenters. The van der Waals surface area contributed by atoms with E-state index in [1.807, 2.05) is 12.1 Å². The first-order valence-electron chi connectivity index (χ1n) is 6.72. The molecule has 0 unspecified atom stereocenters. The first-order chi connectivity index (χ1) is 10.2. The molecule has 0 bridgehead atoms. The van der Waals surface area contributed by atoms with E-state index in [0.29, 0.717) is 42.4 Å². The monoisotopic (exact) mass is 309 g/mol. The van der Waals surface area contributed by atoms with Gasteiger partial charge >= 0.3 is 0 Å². The highest BCUT2D eigenvalue weighted by molar-refractivity contribution is 7.21. The van der Waals surface area contributed by atoms with E-state index in [0.717, 1.165) is 11.1 Å². The molecule has 0 radical (unpaired) electrons. The molecule has 2 rings (SSSR count). The molecule has 0 aliphatic rings. The molecule has 0 saturated carbocycles. The van der Waals surface area contributed by atoms with Gasteiger partial charge in [0.05, 0.1) is 23.6 Å². The number of methoxy groups -OCH3 is 1. The van der Waals surface area contributed by atoms with Crippen LogP contribution in [0.15, 0.2) is 18.3 Å². The number of pyridine rings is 1. The molecular formula is C14H19N3O3S. The van der Waals surface area contributed by atoms with E-state index < -0.39 is 0 Å². The third kappa shape index (κ3) is 4.13. The summed E-state index contributed by atoms with van der Waals surface area (Å²) in [5, 5.41) is 2.84. The quantitative estimate of drug-likeness (QED) is 0.724. The zero-order chi connectivity index (χ0) is 15.1. The maximum atomic E-state index is 12.1. The summed E-state index contributed by atoms with van der Waals surface area (Å²) in [6.45, 7) is 2.29. The second kappa shape index (κ2) is 7.92. The van der Waals surface area contributed by atoms with Crippen molar-refractivity contribution in [3.63, 3.8) is 0 Å². The van der Waals surface area contributed by atoms with E-state index in [9.17, 15) is 4.79 Å². The minimum absolute atomic E-state index is 0.160. The van der Waals surface area contributed by atoms with Crippen molar-refractivity contribution in [2.75, 3.05) is 39.2 Å². The molecular weight excluding hydrogens is 290 g/mol. The number of fused-ring (bicyclic) bond motifs is 1. The summed E-state index contributed by atoms with van der Waals surface area (Å²) in [5.74, 6) is -0.160. The highest BCUT2D eigenvalue weighted by Gasteiger charge is 2.16. The van der Waals surface area contributed by atoms with Crippen LogP contribution in [-0.2, 0) is 9.47 Å². The number of aromatic nitrogens is 1. The van der Waals surface area contributed by atoms with Crippen molar-refractivity contribution >= 4 is 33.1 Å². The minimum Gasteiger partial charge on any atom is -0.396 e. The Bertz CT molecular complexity index is 600. The normalized spacial score (nSPS) is 10.9. The fourth-order valence-corrected chi connectivity index (χ4v) is 2.81. The van der Waals surface area contributed by atoms with Gasteiger partial charge in [-0.15, -0.1) is 11.3 Å². The Hall–Kier alpha value is -1.70. The number of nitrogens with zero attached hydrogens (tertiary/aromatic N) is 1. The average Bonchev–Trinajstić information content (AvgIpc) is 2.84. The Morgan fingerprint density at radius 1 is 1.43 bits per heavy atom. The molecule has 0 aliphatic carbocycles. The molecule has 0 aromatic carbocycles. The summed E-state index contributed by atoms with van der Waals surface area (Å²) in [6.07, 6.45) is 2.42. The molecule has 3 N–H and O–H groups in total. The van der Waals surface area contributed by atoms with Gasteiger partial charge in [-0.3, -0.25) is 9.78 Å². The molecule has 21 heavy (non-hydrogen) atoms. The second-order valence-electron chi connectivity index (χ2n) is 4.41. The van der Waals surface area contributed by atoms with Gasteiger partial charge in [-0.1, -0.05) is 0 Å². The summed E-state index contributed by atoms with van der Waals surface area (Å²) in [7, 11) is 1.63. The Labute approximate surface area is 127 Å². The second-order valence-corrected chi connectivity index (χ2v) is 5.46. The lowest BCUT2D eigenvalue weighted by Gasteiger charge is -2.05. The van der Waals surface area contributed by atoms with Crippen LogP contribution in [0.4, 0.5) is 5.69 Å². The maximum absolute atomic E-state index is 12.1. The lowest BCUT2D eigenvalue weighted by Crippen LogP contribution is -2.25. The van der Waals surface area contributed by atoms with Gasteiger partial charge in [0.2, 0.25) is 0 Å². The van der Waals surface area contributed by atoms with Gasteiger partial charge < -0.3 is 20.5 Å². The van der Waals surface area contributed by atoms with Gasteiger partial charge in [-0.05, 0) is 18.6 Å². The lowest BCUT2D eigenvalue weighted by atomic mass is 10.3. The van der Waals surface area contributed by atoms with Crippen LogP contribution in [0.2, 0.25) is 0 Å². The number of thiophene rings is 1. The molecule has 0 fully saturated rings. The van der Waals surface area contributed by atoms with Crippen LogP contribution >= 0.6 is 11.3 Å². The average molecular weight is 309 g/mol. The van der Waals surface area contributed by atoms with E-state index in [-0.39, 0.29) is 5.91 Å². The molecule has 0 aliphatic heterocycles. The molecule has 0 saturated heterocycles. The first kappa shape index (κ1) is 15.7. The number of ether oxygens (including phenoxy) is 2. The number of carbonyl (C=O) groups excluding carboxylic acids is 1. The molecule has 2 aromatic rings. The number of nitrogens with two attached hydrogens (primary N) is 1. The topological polar surface area (TPSA) is 86.5 Å². The molecule has 2 aromatic heterocycles. The summed E-state index contributed by atoms with van der Waals surface area (Å²) in [6, 6.07) is 3.74. The van der Waals surface area contributed by atoms with Crippen molar-refractivity contribution in [2.24, 2.45) is 0 Å². The van der Waals surface area contributed by atoms with Crippen LogP contribution < -0.4 is 11.1 Å². The van der Waals surface area contributed by atoms with Crippen molar-refractivity contribution in [3.05, 3.63) is 23.2 Å². The Morgan fingerprint density at radius 2 is 2.29 bits per heavy atom. The van der Waals surface area contributed by atoms with Gasteiger partial charge in [0.15, 0.2) is 0 Å². The number of hydrogen-bond donors (Lipinski definition) is 2. The Balaban J connectivity index is 1.81. The fraction of sp³-hybridized carbons (Fsp3) is 0.429. The predicted octanol–water partition coefficient (Wildman–Crippen LogP) is 1.66. The van der Waals surface area contributed by atoms with Gasteiger partial charge in [0, 0.05) is 26.5 Å². The lowest BCUT2D eigenvalue weighted by molar-refractivity contribution is 0.0688. The third-order valence-corrected chi connectivity index (χ3v) is 4.03. The van der Waals surface area contributed by atoms with Crippen molar-refractivity contribution < 1.29 is 14.3 Å². The fourth-order valence-electron chi connectivity index (χ4n) is 1.82. The van der Waals surface area contributed by atoms with Gasteiger partial charge in [-0.25, -0.2) is 0 Å². The largest absolute Gasteiger partial charge is 0.396 e. The van der Waals surface area contributed by atoms with Crippen LogP contribution in [0.25, 0.3) is 10.2 Å². The molecule has 114 valence electrons. The highest BCUT2D eigenvalue weighted by Crippen LogP contribution is 2.31. The summed E-state index contributed by atoms with van der Waals surface area (Å²) in [4.78, 5) is 16.8. The molecule has 2 heterocycles. The van der Waals surface area contributed by atoms with Gasteiger partial charge in [0.1, 0.15) is 10.4 Å². The predicted molar refractivity (Wildman–Crippen MR) is 83.7 cm³/mol. The zero-order valence-corrected chi connectivity index (χ0v) is 12.7. The molecule has 7 heteroatoms. The highest BCUT2D eigenvalue weighted by atomic mass is 32.1. The smallest absolute Gasteiger partial charge is 0.263 e. The van der Waals surface area contributed by atoms with Crippen molar-refractivity contribution in [1.82, 2.24) is 10.3 Å². The van der Waals surface area contributed by atoms with Crippen molar-refractivity contribution in [3.8, 4) is 0 Å². The number of nitrogen functional groups attached to an aromatic ring is 1. The third-order valence-electron chi connectivity index (χ3n) is 2.87. The molecule has 0 spiro atoms.